The monoisotopic (exact) mass is 333 g/mol. The highest BCUT2D eigenvalue weighted by molar-refractivity contribution is 5.68. The first-order valence-electron chi connectivity index (χ1n) is 7.51. The Labute approximate surface area is 142 Å². The molecule has 0 saturated carbocycles. The predicted octanol–water partition coefficient (Wildman–Crippen LogP) is 2.83. The van der Waals surface area contributed by atoms with Crippen LogP contribution in [-0.2, 0) is 0 Å². The standard InChI is InChI=1S/C18H12FN5O/c19-11-5-3-4-10(8-11)14-12(9-20)17(21)25-18-15(14)16(23-24-18)13-6-1-2-7-22-13/h1-8,14H,21H2,(H,23,24)/t14-/m1/s1. The molecule has 0 unspecified atom stereocenters. The molecule has 1 aromatic carbocycles. The molecule has 122 valence electrons. The fraction of sp³-hybridized carbons (Fsp3) is 0.0556. The van der Waals surface area contributed by atoms with Gasteiger partial charge in [-0.05, 0) is 29.8 Å². The second kappa shape index (κ2) is 5.76. The van der Waals surface area contributed by atoms with Gasteiger partial charge >= 0.3 is 0 Å². The number of nitriles is 1. The summed E-state index contributed by atoms with van der Waals surface area (Å²) in [4.78, 5) is 4.31. The van der Waals surface area contributed by atoms with E-state index in [1.54, 1.807) is 24.4 Å². The summed E-state index contributed by atoms with van der Waals surface area (Å²) in [5.74, 6) is -0.778. The van der Waals surface area contributed by atoms with Gasteiger partial charge in [0.25, 0.3) is 0 Å². The largest absolute Gasteiger partial charge is 0.420 e. The molecule has 0 spiro atoms. The molecule has 0 aliphatic carbocycles. The number of benzene rings is 1. The van der Waals surface area contributed by atoms with Crippen LogP contribution >= 0.6 is 0 Å². The van der Waals surface area contributed by atoms with Gasteiger partial charge in [0, 0.05) is 6.20 Å². The lowest BCUT2D eigenvalue weighted by Crippen LogP contribution is -2.21. The topological polar surface area (TPSA) is 101 Å². The molecular formula is C18H12FN5O. The Balaban J connectivity index is 1.97. The molecule has 0 fully saturated rings. The summed E-state index contributed by atoms with van der Waals surface area (Å²) in [5.41, 5.74) is 8.53. The molecule has 6 nitrogen and oxygen atoms in total. The highest BCUT2D eigenvalue weighted by atomic mass is 19.1. The molecule has 0 saturated heterocycles. The summed E-state index contributed by atoms with van der Waals surface area (Å²) in [5, 5.41) is 16.6. The van der Waals surface area contributed by atoms with E-state index in [2.05, 4.69) is 21.3 Å². The lowest BCUT2D eigenvalue weighted by Gasteiger charge is -2.24. The third kappa shape index (κ3) is 2.40. The lowest BCUT2D eigenvalue weighted by molar-refractivity contribution is 0.379. The summed E-state index contributed by atoms with van der Waals surface area (Å²) in [6.07, 6.45) is 1.65. The van der Waals surface area contributed by atoms with Crippen LogP contribution in [0.1, 0.15) is 17.0 Å². The molecule has 4 rings (SSSR count). The number of H-pyrrole nitrogens is 1. The fourth-order valence-electron chi connectivity index (χ4n) is 2.97. The molecule has 1 aliphatic heterocycles. The van der Waals surface area contributed by atoms with Gasteiger partial charge in [0.15, 0.2) is 0 Å². The maximum Gasteiger partial charge on any atom is 0.244 e. The maximum absolute atomic E-state index is 13.8. The maximum atomic E-state index is 13.8. The van der Waals surface area contributed by atoms with Crippen LogP contribution in [0.4, 0.5) is 4.39 Å². The van der Waals surface area contributed by atoms with Crippen molar-refractivity contribution < 1.29 is 9.13 Å². The first-order valence-corrected chi connectivity index (χ1v) is 7.51. The molecule has 7 heteroatoms. The molecule has 1 atom stereocenters. The van der Waals surface area contributed by atoms with Gasteiger partial charge in [-0.25, -0.2) is 4.39 Å². The van der Waals surface area contributed by atoms with Gasteiger partial charge in [-0.1, -0.05) is 18.2 Å². The number of aromatic amines is 1. The van der Waals surface area contributed by atoms with Crippen molar-refractivity contribution in [2.75, 3.05) is 0 Å². The van der Waals surface area contributed by atoms with E-state index in [1.807, 2.05) is 12.1 Å². The number of hydrogen-bond acceptors (Lipinski definition) is 5. The van der Waals surface area contributed by atoms with Crippen LogP contribution in [0, 0.1) is 17.1 Å². The Hall–Kier alpha value is -3.66. The highest BCUT2D eigenvalue weighted by Crippen LogP contribution is 2.45. The summed E-state index contributed by atoms with van der Waals surface area (Å²) >= 11 is 0. The van der Waals surface area contributed by atoms with E-state index in [-0.39, 0.29) is 17.3 Å². The minimum atomic E-state index is -0.597. The number of pyridine rings is 1. The van der Waals surface area contributed by atoms with Gasteiger partial charge in [0.2, 0.25) is 11.8 Å². The SMILES string of the molecule is N#CC1=C(N)Oc2n[nH]c(-c3ccccn3)c2[C@@H]1c1cccc(F)c1. The average Bonchev–Trinajstić information content (AvgIpc) is 3.04. The third-order valence-electron chi connectivity index (χ3n) is 4.04. The number of halogens is 1. The summed E-state index contributed by atoms with van der Waals surface area (Å²) in [6.45, 7) is 0. The number of fused-ring (bicyclic) bond motifs is 1. The zero-order valence-corrected chi connectivity index (χ0v) is 12.9. The number of ether oxygens (including phenoxy) is 1. The smallest absolute Gasteiger partial charge is 0.244 e. The van der Waals surface area contributed by atoms with E-state index < -0.39 is 11.7 Å². The van der Waals surface area contributed by atoms with Crippen molar-refractivity contribution in [2.45, 2.75) is 5.92 Å². The van der Waals surface area contributed by atoms with Crippen LogP contribution in [0.3, 0.4) is 0 Å². The van der Waals surface area contributed by atoms with Gasteiger partial charge < -0.3 is 10.5 Å². The van der Waals surface area contributed by atoms with Crippen molar-refractivity contribution in [1.29, 1.82) is 5.26 Å². The van der Waals surface area contributed by atoms with Gasteiger partial charge in [-0.2, -0.15) is 5.26 Å². The van der Waals surface area contributed by atoms with Crippen LogP contribution < -0.4 is 10.5 Å². The van der Waals surface area contributed by atoms with Crippen LogP contribution in [0.15, 0.2) is 60.1 Å². The quantitative estimate of drug-likeness (QED) is 0.751. The second-order valence-corrected chi connectivity index (χ2v) is 5.51. The molecule has 3 heterocycles. The number of nitrogens with one attached hydrogen (secondary N) is 1. The normalized spacial score (nSPS) is 16.1. The van der Waals surface area contributed by atoms with E-state index >= 15 is 0 Å². The molecule has 0 bridgehead atoms. The Bertz CT molecular complexity index is 1020. The number of nitrogens with two attached hydrogens (primary N) is 1. The number of hydrogen-bond donors (Lipinski definition) is 2. The van der Waals surface area contributed by atoms with Crippen molar-refractivity contribution in [1.82, 2.24) is 15.2 Å². The minimum Gasteiger partial charge on any atom is -0.420 e. The lowest BCUT2D eigenvalue weighted by atomic mass is 9.83. The Morgan fingerprint density at radius 2 is 2.12 bits per heavy atom. The van der Waals surface area contributed by atoms with E-state index in [0.717, 1.165) is 0 Å². The minimum absolute atomic E-state index is 0.0386. The Kier molecular flexibility index (Phi) is 3.43. The summed E-state index contributed by atoms with van der Waals surface area (Å²) < 4.78 is 19.3. The van der Waals surface area contributed by atoms with Crippen LogP contribution in [0.25, 0.3) is 11.4 Å². The summed E-state index contributed by atoms with van der Waals surface area (Å²) in [6, 6.07) is 13.6. The van der Waals surface area contributed by atoms with Gasteiger partial charge in [-0.15, -0.1) is 5.10 Å². The zero-order chi connectivity index (χ0) is 17.4. The van der Waals surface area contributed by atoms with Crippen molar-refractivity contribution in [3.8, 4) is 23.3 Å². The van der Waals surface area contributed by atoms with Gasteiger partial charge in [-0.3, -0.25) is 10.1 Å². The molecule has 1 aliphatic rings. The fourth-order valence-corrected chi connectivity index (χ4v) is 2.97. The Morgan fingerprint density at radius 3 is 2.84 bits per heavy atom. The Morgan fingerprint density at radius 1 is 1.24 bits per heavy atom. The molecule has 25 heavy (non-hydrogen) atoms. The first-order chi connectivity index (χ1) is 12.2. The van der Waals surface area contributed by atoms with Gasteiger partial charge in [0.1, 0.15) is 17.5 Å². The number of allylic oxidation sites excluding steroid dienone is 1. The second-order valence-electron chi connectivity index (χ2n) is 5.51. The van der Waals surface area contributed by atoms with E-state index in [0.29, 0.717) is 22.5 Å². The van der Waals surface area contributed by atoms with Crippen molar-refractivity contribution in [3.05, 3.63) is 77.1 Å². The number of nitrogens with zero attached hydrogens (tertiary/aromatic N) is 3. The van der Waals surface area contributed by atoms with Crippen molar-refractivity contribution in [2.24, 2.45) is 5.73 Å². The van der Waals surface area contributed by atoms with E-state index in [4.69, 9.17) is 10.5 Å². The van der Waals surface area contributed by atoms with E-state index in [9.17, 15) is 9.65 Å². The van der Waals surface area contributed by atoms with Crippen molar-refractivity contribution >= 4 is 0 Å². The molecule has 3 aromatic rings. The molecule has 0 radical (unpaired) electrons. The molecule has 2 aromatic heterocycles. The zero-order valence-electron chi connectivity index (χ0n) is 12.9. The molecule has 3 N–H and O–H groups in total. The summed E-state index contributed by atoms with van der Waals surface area (Å²) in [7, 11) is 0. The van der Waals surface area contributed by atoms with Crippen molar-refractivity contribution in [3.63, 3.8) is 0 Å². The van der Waals surface area contributed by atoms with Crippen LogP contribution in [-0.4, -0.2) is 15.2 Å². The molecular weight excluding hydrogens is 321 g/mol. The number of rotatable bonds is 2. The van der Waals surface area contributed by atoms with E-state index in [1.165, 1.54) is 12.1 Å². The third-order valence-corrected chi connectivity index (χ3v) is 4.04. The van der Waals surface area contributed by atoms with Gasteiger partial charge in [0.05, 0.1) is 22.9 Å². The molecule has 0 amide bonds. The predicted molar refractivity (Wildman–Crippen MR) is 87.5 cm³/mol. The highest BCUT2D eigenvalue weighted by Gasteiger charge is 2.35. The van der Waals surface area contributed by atoms with Crippen LogP contribution in [0.2, 0.25) is 0 Å². The first kappa shape index (κ1) is 14.9. The number of aromatic nitrogens is 3. The van der Waals surface area contributed by atoms with Crippen LogP contribution in [0.5, 0.6) is 5.88 Å². The average molecular weight is 333 g/mol.